The number of imide groups is 1. The van der Waals surface area contributed by atoms with Crippen molar-refractivity contribution in [3.63, 3.8) is 0 Å². The van der Waals surface area contributed by atoms with E-state index < -0.39 is 10.0 Å². The minimum atomic E-state index is -3.79. The van der Waals surface area contributed by atoms with Gasteiger partial charge in [0.05, 0.1) is 17.1 Å². The summed E-state index contributed by atoms with van der Waals surface area (Å²) in [7, 11) is -3.79. The van der Waals surface area contributed by atoms with Crippen LogP contribution in [0.2, 0.25) is 0 Å². The fourth-order valence-electron chi connectivity index (χ4n) is 3.48. The van der Waals surface area contributed by atoms with E-state index in [0.717, 1.165) is 36.6 Å². The van der Waals surface area contributed by atoms with Crippen molar-refractivity contribution >= 4 is 33.3 Å². The molecule has 1 aromatic heterocycles. The van der Waals surface area contributed by atoms with Gasteiger partial charge in [-0.05, 0) is 43.2 Å². The van der Waals surface area contributed by atoms with E-state index in [1.807, 2.05) is 6.07 Å². The summed E-state index contributed by atoms with van der Waals surface area (Å²) in [5.41, 5.74) is 0.373. The van der Waals surface area contributed by atoms with Crippen LogP contribution < -0.4 is 14.5 Å². The van der Waals surface area contributed by atoms with Crippen LogP contribution in [0.5, 0.6) is 0 Å². The lowest BCUT2D eigenvalue weighted by Crippen LogP contribution is -2.28. The smallest absolute Gasteiger partial charge is 0.240 e. The Balaban J connectivity index is 1.44. The van der Waals surface area contributed by atoms with Gasteiger partial charge in [0.1, 0.15) is 11.6 Å². The van der Waals surface area contributed by atoms with Gasteiger partial charge < -0.3 is 4.90 Å². The molecule has 1 N–H and O–H groups in total. The van der Waals surface area contributed by atoms with Gasteiger partial charge in [0, 0.05) is 32.1 Å². The second-order valence-electron chi connectivity index (χ2n) is 6.97. The zero-order chi connectivity index (χ0) is 20.4. The molecule has 2 fully saturated rings. The average molecular weight is 415 g/mol. The molecular formula is C19H21N5O4S. The van der Waals surface area contributed by atoms with Crippen molar-refractivity contribution in [1.82, 2.24) is 14.7 Å². The van der Waals surface area contributed by atoms with E-state index in [0.29, 0.717) is 11.5 Å². The summed E-state index contributed by atoms with van der Waals surface area (Å²) < 4.78 is 27.7. The number of aromatic nitrogens is 2. The Kier molecular flexibility index (Phi) is 5.29. The normalized spacial score (nSPS) is 17.4. The quantitative estimate of drug-likeness (QED) is 0.706. The fraction of sp³-hybridized carbons (Fsp3) is 0.368. The van der Waals surface area contributed by atoms with E-state index in [-0.39, 0.29) is 36.1 Å². The van der Waals surface area contributed by atoms with Gasteiger partial charge >= 0.3 is 0 Å². The highest BCUT2D eigenvalue weighted by Crippen LogP contribution is 2.24. The first-order chi connectivity index (χ1) is 13.9. The average Bonchev–Trinajstić information content (AvgIpc) is 3.37. The van der Waals surface area contributed by atoms with Crippen LogP contribution >= 0.6 is 0 Å². The van der Waals surface area contributed by atoms with Crippen molar-refractivity contribution in [1.29, 1.82) is 0 Å². The number of nitrogens with zero attached hydrogens (tertiary/aromatic N) is 4. The van der Waals surface area contributed by atoms with E-state index >= 15 is 0 Å². The molecule has 2 aromatic rings. The van der Waals surface area contributed by atoms with Crippen molar-refractivity contribution in [2.45, 2.75) is 37.1 Å². The van der Waals surface area contributed by atoms with Crippen molar-refractivity contribution in [2.75, 3.05) is 22.9 Å². The fourth-order valence-corrected chi connectivity index (χ4v) is 4.46. The number of nitrogens with one attached hydrogen (secondary N) is 1. The second-order valence-corrected chi connectivity index (χ2v) is 8.73. The van der Waals surface area contributed by atoms with Gasteiger partial charge in [-0.1, -0.05) is 0 Å². The third-order valence-electron chi connectivity index (χ3n) is 5.00. The maximum absolute atomic E-state index is 12.6. The molecule has 0 saturated carbocycles. The number of carbonyl (C=O) groups is 2. The third-order valence-corrected chi connectivity index (χ3v) is 6.42. The first-order valence-electron chi connectivity index (χ1n) is 9.46. The van der Waals surface area contributed by atoms with Crippen LogP contribution in [0.4, 0.5) is 11.5 Å². The molecule has 0 aliphatic carbocycles. The summed E-state index contributed by atoms with van der Waals surface area (Å²) in [5.74, 6) is 0.636. The molecule has 2 amide bonds. The molecule has 0 spiro atoms. The monoisotopic (exact) mass is 415 g/mol. The van der Waals surface area contributed by atoms with Gasteiger partial charge in [-0.15, -0.1) is 0 Å². The standard InChI is InChI=1S/C19H21N5O4S/c25-18-7-8-19(26)24(18)14-3-5-15(6-4-14)29(27,28)21-13-16-20-10-9-17(22-16)23-11-1-2-12-23/h3-6,9-10,21H,1-2,7-8,11-13H2. The Morgan fingerprint density at radius 2 is 1.62 bits per heavy atom. The highest BCUT2D eigenvalue weighted by Gasteiger charge is 2.30. The molecule has 1 aromatic carbocycles. The number of hydrogen-bond acceptors (Lipinski definition) is 7. The van der Waals surface area contributed by atoms with Crippen LogP contribution in [0, 0.1) is 0 Å². The van der Waals surface area contributed by atoms with Crippen LogP contribution in [0.3, 0.4) is 0 Å². The SMILES string of the molecule is O=C1CCC(=O)N1c1ccc(S(=O)(=O)NCc2nccc(N3CCCC3)n2)cc1. The number of sulfonamides is 1. The summed E-state index contributed by atoms with van der Waals surface area (Å²) in [6.45, 7) is 1.85. The lowest BCUT2D eigenvalue weighted by atomic mass is 10.3. The molecule has 29 heavy (non-hydrogen) atoms. The molecule has 10 heteroatoms. The molecule has 0 atom stereocenters. The molecule has 4 rings (SSSR count). The molecule has 2 saturated heterocycles. The zero-order valence-electron chi connectivity index (χ0n) is 15.7. The number of amides is 2. The maximum atomic E-state index is 12.6. The topological polar surface area (TPSA) is 113 Å². The van der Waals surface area contributed by atoms with Crippen LogP contribution in [0.15, 0.2) is 41.4 Å². The molecule has 3 heterocycles. The first kappa shape index (κ1) is 19.5. The van der Waals surface area contributed by atoms with E-state index in [2.05, 4.69) is 19.6 Å². The summed E-state index contributed by atoms with van der Waals surface area (Å²) >= 11 is 0. The predicted octanol–water partition coefficient (Wildman–Crippen LogP) is 1.21. The Bertz CT molecular complexity index is 1020. The number of hydrogen-bond donors (Lipinski definition) is 1. The van der Waals surface area contributed by atoms with Crippen molar-refractivity contribution in [3.8, 4) is 0 Å². The molecule has 0 bridgehead atoms. The molecule has 9 nitrogen and oxygen atoms in total. The Labute approximate surface area is 168 Å². The number of rotatable bonds is 6. The first-order valence-corrected chi connectivity index (χ1v) is 10.9. The molecular weight excluding hydrogens is 394 g/mol. The minimum Gasteiger partial charge on any atom is -0.357 e. The van der Waals surface area contributed by atoms with Crippen LogP contribution in [0.25, 0.3) is 0 Å². The molecule has 0 unspecified atom stereocenters. The van der Waals surface area contributed by atoms with Crippen LogP contribution in [-0.4, -0.2) is 43.3 Å². The summed E-state index contributed by atoms with van der Waals surface area (Å²) in [6.07, 6.45) is 4.23. The summed E-state index contributed by atoms with van der Waals surface area (Å²) in [5, 5.41) is 0. The molecule has 2 aliphatic heterocycles. The number of anilines is 2. The summed E-state index contributed by atoms with van der Waals surface area (Å²) in [4.78, 5) is 35.5. The van der Waals surface area contributed by atoms with E-state index in [9.17, 15) is 18.0 Å². The highest BCUT2D eigenvalue weighted by atomic mass is 32.2. The molecule has 2 aliphatic rings. The minimum absolute atomic E-state index is 0.0329. The second kappa shape index (κ2) is 7.88. The van der Waals surface area contributed by atoms with Crippen molar-refractivity contribution in [3.05, 3.63) is 42.4 Å². The lowest BCUT2D eigenvalue weighted by molar-refractivity contribution is -0.121. The van der Waals surface area contributed by atoms with Gasteiger partial charge in [0.2, 0.25) is 21.8 Å². The highest BCUT2D eigenvalue weighted by molar-refractivity contribution is 7.89. The number of carbonyl (C=O) groups excluding carboxylic acids is 2. The Morgan fingerprint density at radius 3 is 2.28 bits per heavy atom. The predicted molar refractivity (Wildman–Crippen MR) is 106 cm³/mol. The van der Waals surface area contributed by atoms with Crippen LogP contribution in [-0.2, 0) is 26.2 Å². The van der Waals surface area contributed by atoms with Gasteiger partial charge in [-0.2, -0.15) is 0 Å². The lowest BCUT2D eigenvalue weighted by Gasteiger charge is -2.16. The molecule has 152 valence electrons. The third kappa shape index (κ3) is 4.13. The van der Waals surface area contributed by atoms with Crippen molar-refractivity contribution < 1.29 is 18.0 Å². The Hall–Kier alpha value is -2.85. The van der Waals surface area contributed by atoms with Crippen molar-refractivity contribution in [2.24, 2.45) is 0 Å². The van der Waals surface area contributed by atoms with E-state index in [4.69, 9.17) is 0 Å². The van der Waals surface area contributed by atoms with Gasteiger partial charge in [-0.3, -0.25) is 14.5 Å². The Morgan fingerprint density at radius 1 is 0.966 bits per heavy atom. The largest absolute Gasteiger partial charge is 0.357 e. The maximum Gasteiger partial charge on any atom is 0.240 e. The van der Waals surface area contributed by atoms with E-state index in [1.54, 1.807) is 6.20 Å². The van der Waals surface area contributed by atoms with E-state index in [1.165, 1.54) is 24.3 Å². The van der Waals surface area contributed by atoms with Gasteiger partial charge in [-0.25, -0.2) is 23.1 Å². The van der Waals surface area contributed by atoms with Gasteiger partial charge in [0.25, 0.3) is 0 Å². The zero-order valence-corrected chi connectivity index (χ0v) is 16.6. The molecule has 0 radical (unpaired) electrons. The summed E-state index contributed by atoms with van der Waals surface area (Å²) in [6, 6.07) is 7.49. The van der Waals surface area contributed by atoms with Crippen LogP contribution in [0.1, 0.15) is 31.5 Å². The number of benzene rings is 1. The van der Waals surface area contributed by atoms with Gasteiger partial charge in [0.15, 0.2) is 0 Å².